The lowest BCUT2D eigenvalue weighted by molar-refractivity contribution is -0.900. The lowest BCUT2D eigenvalue weighted by atomic mass is 10.2. The summed E-state index contributed by atoms with van der Waals surface area (Å²) in [5.41, 5.74) is 0. The van der Waals surface area contributed by atoms with E-state index >= 15 is 0 Å². The topological polar surface area (TPSA) is 33.9 Å². The SMILES string of the molecule is CCCC.CCCC[NH+](CCCC)CCCC.COSO. The van der Waals surface area contributed by atoms with E-state index in [1.54, 1.807) is 0 Å². The van der Waals surface area contributed by atoms with Gasteiger partial charge in [-0.1, -0.05) is 66.7 Å². The number of hydrogen-bond acceptors (Lipinski definition) is 3. The molecule has 0 heterocycles. The first-order chi connectivity index (χ1) is 10.2. The highest BCUT2D eigenvalue weighted by Gasteiger charge is 2.05. The van der Waals surface area contributed by atoms with Crippen molar-refractivity contribution in [2.75, 3.05) is 26.7 Å². The molecule has 0 aromatic carbocycles. The van der Waals surface area contributed by atoms with Gasteiger partial charge in [0.15, 0.2) is 12.3 Å². The van der Waals surface area contributed by atoms with Crippen LogP contribution >= 0.6 is 12.3 Å². The minimum atomic E-state index is 0.356. The molecule has 0 aromatic heterocycles. The molecule has 21 heavy (non-hydrogen) atoms. The van der Waals surface area contributed by atoms with Crippen LogP contribution in [0, 0.1) is 0 Å². The predicted molar refractivity (Wildman–Crippen MR) is 98.1 cm³/mol. The summed E-state index contributed by atoms with van der Waals surface area (Å²) in [6, 6.07) is 0. The fourth-order valence-electron chi connectivity index (χ4n) is 1.66. The molecule has 3 nitrogen and oxygen atoms in total. The van der Waals surface area contributed by atoms with E-state index in [1.807, 2.05) is 4.90 Å². The first-order valence-electron chi connectivity index (χ1n) is 8.85. The van der Waals surface area contributed by atoms with Crippen LogP contribution in [0.5, 0.6) is 0 Å². The Morgan fingerprint density at radius 1 is 0.714 bits per heavy atom. The molecule has 0 unspecified atom stereocenters. The molecule has 0 bridgehead atoms. The Balaban J connectivity index is -0.000000334. The van der Waals surface area contributed by atoms with Gasteiger partial charge in [0.2, 0.25) is 0 Å². The molecule has 0 radical (unpaired) electrons. The van der Waals surface area contributed by atoms with Crippen LogP contribution in [0.4, 0.5) is 0 Å². The molecule has 0 spiro atoms. The van der Waals surface area contributed by atoms with Gasteiger partial charge in [0.1, 0.15) is 0 Å². The van der Waals surface area contributed by atoms with Gasteiger partial charge in [-0.2, -0.15) is 0 Å². The van der Waals surface area contributed by atoms with E-state index in [1.165, 1.54) is 78.1 Å². The molecule has 0 atom stereocenters. The molecule has 2 N–H and O–H groups in total. The average Bonchev–Trinajstić information content (AvgIpc) is 2.54. The van der Waals surface area contributed by atoms with Crippen LogP contribution in [0.25, 0.3) is 0 Å². The lowest BCUT2D eigenvalue weighted by Gasteiger charge is -2.18. The van der Waals surface area contributed by atoms with Crippen molar-refractivity contribution in [3.8, 4) is 0 Å². The molecular weight excluding hydrogens is 282 g/mol. The van der Waals surface area contributed by atoms with Crippen LogP contribution in [0.2, 0.25) is 0 Å². The summed E-state index contributed by atoms with van der Waals surface area (Å²) in [5, 5.41) is 0. The highest BCUT2D eigenvalue weighted by molar-refractivity contribution is 7.88. The summed E-state index contributed by atoms with van der Waals surface area (Å²) in [7, 11) is 1.39. The molecular formula is C17H42NO2S+. The van der Waals surface area contributed by atoms with E-state index < -0.39 is 0 Å². The highest BCUT2D eigenvalue weighted by atomic mass is 32.2. The van der Waals surface area contributed by atoms with Crippen LogP contribution in [-0.4, -0.2) is 31.3 Å². The fourth-order valence-corrected chi connectivity index (χ4v) is 1.66. The Labute approximate surface area is 139 Å². The summed E-state index contributed by atoms with van der Waals surface area (Å²) < 4.78 is 11.6. The molecule has 0 aliphatic rings. The summed E-state index contributed by atoms with van der Waals surface area (Å²) in [6.45, 7) is 15.4. The standard InChI is InChI=1S/C12H27N.C4H10.CH4O2S/c1-4-7-10-13(11-8-5-2)12-9-6-3;2*1-3-4-2/h4-12H2,1-3H3;3-4H2,1-2H3;2H,1H3/p+1. The maximum atomic E-state index is 7.57. The Hall–Kier alpha value is 0.230. The number of rotatable bonds is 11. The van der Waals surface area contributed by atoms with Crippen molar-refractivity contribution >= 4 is 12.3 Å². The van der Waals surface area contributed by atoms with Crippen LogP contribution < -0.4 is 4.90 Å². The van der Waals surface area contributed by atoms with Crippen LogP contribution in [-0.2, 0) is 4.18 Å². The summed E-state index contributed by atoms with van der Waals surface area (Å²) in [5.74, 6) is 0. The van der Waals surface area contributed by atoms with Gasteiger partial charge in [0.05, 0.1) is 26.7 Å². The summed E-state index contributed by atoms with van der Waals surface area (Å²) in [4.78, 5) is 1.84. The van der Waals surface area contributed by atoms with E-state index in [4.69, 9.17) is 4.55 Å². The second-order valence-corrected chi connectivity index (χ2v) is 5.78. The monoisotopic (exact) mass is 324 g/mol. The molecule has 0 rings (SSSR count). The first-order valence-corrected chi connectivity index (χ1v) is 9.55. The Morgan fingerprint density at radius 2 is 1.00 bits per heavy atom. The van der Waals surface area contributed by atoms with Gasteiger partial charge >= 0.3 is 0 Å². The van der Waals surface area contributed by atoms with Crippen molar-refractivity contribution in [2.24, 2.45) is 0 Å². The van der Waals surface area contributed by atoms with Crippen molar-refractivity contribution in [1.29, 1.82) is 0 Å². The number of hydrogen-bond donors (Lipinski definition) is 2. The maximum Gasteiger partial charge on any atom is 0.155 e. The quantitative estimate of drug-likeness (QED) is 0.534. The fraction of sp³-hybridized carbons (Fsp3) is 1.00. The Bertz CT molecular complexity index is 122. The van der Waals surface area contributed by atoms with E-state index in [9.17, 15) is 0 Å². The van der Waals surface area contributed by atoms with Gasteiger partial charge in [0.25, 0.3) is 0 Å². The molecule has 0 saturated heterocycles. The van der Waals surface area contributed by atoms with Gasteiger partial charge < -0.3 is 9.45 Å². The van der Waals surface area contributed by atoms with Gasteiger partial charge in [-0.15, -0.1) is 0 Å². The van der Waals surface area contributed by atoms with E-state index in [0.717, 1.165) is 0 Å². The van der Waals surface area contributed by atoms with Crippen LogP contribution in [0.1, 0.15) is 86.0 Å². The summed E-state index contributed by atoms with van der Waals surface area (Å²) in [6.07, 6.45) is 10.9. The number of quaternary nitrogens is 1. The molecule has 0 saturated carbocycles. The zero-order chi connectivity index (χ0) is 16.8. The molecule has 0 aliphatic heterocycles. The van der Waals surface area contributed by atoms with Gasteiger partial charge in [-0.05, 0) is 19.3 Å². The third kappa shape index (κ3) is 33.2. The smallest absolute Gasteiger partial charge is 0.155 e. The lowest BCUT2D eigenvalue weighted by Crippen LogP contribution is -3.12. The second-order valence-electron chi connectivity index (χ2n) is 5.30. The second kappa shape index (κ2) is 28.4. The van der Waals surface area contributed by atoms with E-state index in [0.29, 0.717) is 12.3 Å². The van der Waals surface area contributed by atoms with Crippen molar-refractivity contribution in [1.82, 2.24) is 0 Å². The molecule has 132 valence electrons. The van der Waals surface area contributed by atoms with Crippen molar-refractivity contribution in [3.63, 3.8) is 0 Å². The third-order valence-corrected chi connectivity index (χ3v) is 3.38. The summed E-state index contributed by atoms with van der Waals surface area (Å²) >= 11 is 0.356. The van der Waals surface area contributed by atoms with Gasteiger partial charge in [0, 0.05) is 0 Å². The molecule has 0 amide bonds. The third-order valence-electron chi connectivity index (χ3n) is 3.23. The van der Waals surface area contributed by atoms with Crippen LogP contribution in [0.15, 0.2) is 0 Å². The molecule has 4 heteroatoms. The number of nitrogens with one attached hydrogen (secondary N) is 1. The largest absolute Gasteiger partial charge is 0.335 e. The average molecular weight is 325 g/mol. The Morgan fingerprint density at radius 3 is 1.14 bits per heavy atom. The molecule has 0 fully saturated rings. The van der Waals surface area contributed by atoms with Crippen LogP contribution in [0.3, 0.4) is 0 Å². The first kappa shape index (κ1) is 26.1. The molecule has 0 aliphatic carbocycles. The van der Waals surface area contributed by atoms with Gasteiger partial charge in [-0.3, -0.25) is 4.18 Å². The molecule has 0 aromatic rings. The minimum absolute atomic E-state index is 0.356. The predicted octanol–water partition coefficient (Wildman–Crippen LogP) is 4.83. The van der Waals surface area contributed by atoms with E-state index in [2.05, 4.69) is 38.8 Å². The normalized spacial score (nSPS) is 9.71. The number of unbranched alkanes of at least 4 members (excludes halogenated alkanes) is 4. The zero-order valence-electron chi connectivity index (χ0n) is 15.5. The Kier molecular flexibility index (Phi) is 35.4. The maximum absolute atomic E-state index is 7.57. The van der Waals surface area contributed by atoms with Crippen molar-refractivity contribution in [3.05, 3.63) is 0 Å². The van der Waals surface area contributed by atoms with Crippen molar-refractivity contribution < 1.29 is 13.6 Å². The highest BCUT2D eigenvalue weighted by Crippen LogP contribution is 1.85. The zero-order valence-corrected chi connectivity index (χ0v) is 16.4. The van der Waals surface area contributed by atoms with E-state index in [-0.39, 0.29) is 0 Å². The minimum Gasteiger partial charge on any atom is -0.335 e. The van der Waals surface area contributed by atoms with Crippen molar-refractivity contribution in [2.45, 2.75) is 86.0 Å². The van der Waals surface area contributed by atoms with Gasteiger partial charge in [-0.25, -0.2) is 0 Å².